The highest BCUT2D eigenvalue weighted by molar-refractivity contribution is 6.74. The van der Waals surface area contributed by atoms with Gasteiger partial charge in [-0.3, -0.25) is 4.79 Å². The molecular formula is C37H48N2O4Si. The molecule has 0 aliphatic heterocycles. The highest BCUT2D eigenvalue weighted by Crippen LogP contribution is 2.40. The molecule has 0 aromatic heterocycles. The van der Waals surface area contributed by atoms with Gasteiger partial charge >= 0.3 is 0 Å². The first-order chi connectivity index (χ1) is 20.9. The number of fused-ring (bicyclic) bond motifs is 1. The standard InChI is InChI=1S/C37H48N2O4Si/c1-26(38-24-35(43-44(5,6)37(2,3)4)30-17-18-34(41)32(22-30)25-40)19-27-11-9-12-28(20-27)21-36(42)39-23-31-15-10-14-29-13-7-8-16-33(29)31/h7-18,20,22,26,35,38,40-41H,19,21,23-25H2,1-6H3,(H,39,42)/t26-,35+/m1/s1. The summed E-state index contributed by atoms with van der Waals surface area (Å²) < 4.78 is 6.84. The van der Waals surface area contributed by atoms with Crippen molar-refractivity contribution >= 4 is 25.0 Å². The molecule has 0 aliphatic carbocycles. The predicted octanol–water partition coefficient (Wildman–Crippen LogP) is 7.18. The van der Waals surface area contributed by atoms with Gasteiger partial charge in [0.15, 0.2) is 8.32 Å². The molecule has 4 aromatic rings. The first kappa shape index (κ1) is 33.4. The Morgan fingerprint density at radius 1 is 0.909 bits per heavy atom. The molecule has 2 atom stereocenters. The van der Waals surface area contributed by atoms with Gasteiger partial charge in [-0.25, -0.2) is 0 Å². The van der Waals surface area contributed by atoms with E-state index < -0.39 is 8.32 Å². The monoisotopic (exact) mass is 612 g/mol. The van der Waals surface area contributed by atoms with Gasteiger partial charge in [-0.1, -0.05) is 93.6 Å². The van der Waals surface area contributed by atoms with Crippen LogP contribution >= 0.6 is 0 Å². The lowest BCUT2D eigenvalue weighted by Crippen LogP contribution is -2.44. The third kappa shape index (κ3) is 8.79. The molecule has 0 radical (unpaired) electrons. The third-order valence-corrected chi connectivity index (χ3v) is 13.3. The lowest BCUT2D eigenvalue weighted by molar-refractivity contribution is -0.120. The van der Waals surface area contributed by atoms with Crippen LogP contribution in [0.1, 0.15) is 61.6 Å². The fraction of sp³-hybridized carbons (Fsp3) is 0.378. The topological polar surface area (TPSA) is 90.8 Å². The van der Waals surface area contributed by atoms with E-state index in [-0.39, 0.29) is 35.4 Å². The lowest BCUT2D eigenvalue weighted by Gasteiger charge is -2.40. The van der Waals surface area contributed by atoms with Crippen LogP contribution in [0.3, 0.4) is 0 Å². The maximum Gasteiger partial charge on any atom is 0.224 e. The summed E-state index contributed by atoms with van der Waals surface area (Å²) in [5, 5.41) is 29.0. The number of aliphatic hydroxyl groups excluding tert-OH is 1. The van der Waals surface area contributed by atoms with Crippen LogP contribution in [0.25, 0.3) is 10.8 Å². The van der Waals surface area contributed by atoms with Crippen molar-refractivity contribution in [2.24, 2.45) is 0 Å². The molecule has 1 amide bonds. The number of carbonyl (C=O) groups excluding carboxylic acids is 1. The summed E-state index contributed by atoms with van der Waals surface area (Å²) in [7, 11) is -2.11. The molecule has 7 heteroatoms. The minimum absolute atomic E-state index is 0.00280. The van der Waals surface area contributed by atoms with Gasteiger partial charge < -0.3 is 25.3 Å². The zero-order valence-corrected chi connectivity index (χ0v) is 28.0. The second-order valence-corrected chi connectivity index (χ2v) is 18.1. The summed E-state index contributed by atoms with van der Waals surface area (Å²) in [4.78, 5) is 12.9. The van der Waals surface area contributed by atoms with Crippen molar-refractivity contribution in [2.75, 3.05) is 6.54 Å². The first-order valence-electron chi connectivity index (χ1n) is 15.5. The van der Waals surface area contributed by atoms with Gasteiger partial charge in [0.2, 0.25) is 5.91 Å². The zero-order chi connectivity index (χ0) is 31.9. The van der Waals surface area contributed by atoms with Crippen LogP contribution in [0, 0.1) is 0 Å². The molecule has 6 nitrogen and oxygen atoms in total. The minimum Gasteiger partial charge on any atom is -0.508 e. The Kier molecular flexibility index (Phi) is 11.0. The zero-order valence-electron chi connectivity index (χ0n) is 27.0. The number of carbonyl (C=O) groups is 1. The summed E-state index contributed by atoms with van der Waals surface area (Å²) in [6.45, 7) is 14.2. The van der Waals surface area contributed by atoms with Crippen molar-refractivity contribution < 1.29 is 19.4 Å². The van der Waals surface area contributed by atoms with Crippen molar-refractivity contribution in [3.8, 4) is 5.75 Å². The number of hydrogen-bond donors (Lipinski definition) is 4. The van der Waals surface area contributed by atoms with E-state index in [0.717, 1.165) is 28.5 Å². The number of amides is 1. The Balaban J connectivity index is 1.37. The molecule has 0 fully saturated rings. The second kappa shape index (κ2) is 14.5. The fourth-order valence-corrected chi connectivity index (χ4v) is 6.47. The van der Waals surface area contributed by atoms with Crippen LogP contribution in [-0.4, -0.2) is 37.0 Å². The fourth-order valence-electron chi connectivity index (χ4n) is 5.18. The van der Waals surface area contributed by atoms with Gasteiger partial charge in [0.05, 0.1) is 19.1 Å². The van der Waals surface area contributed by atoms with Gasteiger partial charge in [-0.05, 0) is 76.6 Å². The number of hydrogen-bond acceptors (Lipinski definition) is 5. The average Bonchev–Trinajstić information content (AvgIpc) is 2.98. The Morgan fingerprint density at radius 3 is 2.36 bits per heavy atom. The molecule has 0 saturated heterocycles. The molecule has 4 rings (SSSR count). The SMILES string of the molecule is C[C@H](Cc1cccc(CC(=O)NCc2cccc3ccccc23)c1)NC[C@H](O[Si](C)(C)C(C)(C)C)c1ccc(O)c(CO)c1. The molecule has 0 bridgehead atoms. The summed E-state index contributed by atoms with van der Waals surface area (Å²) >= 11 is 0. The Morgan fingerprint density at radius 2 is 1.61 bits per heavy atom. The molecule has 0 spiro atoms. The molecular weight excluding hydrogens is 565 g/mol. The van der Waals surface area contributed by atoms with E-state index in [1.807, 2.05) is 42.5 Å². The molecule has 234 valence electrons. The number of nitrogens with one attached hydrogen (secondary N) is 2. The molecule has 4 N–H and O–H groups in total. The molecule has 0 unspecified atom stereocenters. The Hall–Kier alpha value is -3.49. The largest absolute Gasteiger partial charge is 0.508 e. The predicted molar refractivity (Wildman–Crippen MR) is 182 cm³/mol. The number of aliphatic hydroxyl groups is 1. The summed E-state index contributed by atoms with van der Waals surface area (Å²) in [5.41, 5.74) is 4.70. The van der Waals surface area contributed by atoms with Crippen LogP contribution < -0.4 is 10.6 Å². The van der Waals surface area contributed by atoms with Crippen LogP contribution in [0.2, 0.25) is 18.1 Å². The first-order valence-corrected chi connectivity index (χ1v) is 18.4. The van der Waals surface area contributed by atoms with E-state index in [9.17, 15) is 15.0 Å². The molecule has 44 heavy (non-hydrogen) atoms. The quantitative estimate of drug-likeness (QED) is 0.120. The number of aromatic hydroxyl groups is 1. The van der Waals surface area contributed by atoms with Crippen molar-refractivity contribution in [3.05, 3.63) is 113 Å². The maximum atomic E-state index is 12.9. The highest BCUT2D eigenvalue weighted by atomic mass is 28.4. The second-order valence-electron chi connectivity index (χ2n) is 13.3. The highest BCUT2D eigenvalue weighted by Gasteiger charge is 2.39. The van der Waals surface area contributed by atoms with E-state index in [1.165, 1.54) is 10.9 Å². The van der Waals surface area contributed by atoms with Crippen molar-refractivity contribution in [1.82, 2.24) is 10.6 Å². The lowest BCUT2D eigenvalue weighted by atomic mass is 10.0. The Labute approximate surface area is 263 Å². The van der Waals surface area contributed by atoms with E-state index in [4.69, 9.17) is 4.43 Å². The van der Waals surface area contributed by atoms with Gasteiger partial charge in [0, 0.05) is 24.7 Å². The molecule has 4 aromatic carbocycles. The number of rotatable bonds is 13. The van der Waals surface area contributed by atoms with Gasteiger partial charge in [0.25, 0.3) is 0 Å². The third-order valence-electron chi connectivity index (χ3n) is 8.79. The van der Waals surface area contributed by atoms with Crippen molar-refractivity contribution in [1.29, 1.82) is 0 Å². The van der Waals surface area contributed by atoms with Gasteiger partial charge in [-0.2, -0.15) is 0 Å². The normalized spacial score (nSPS) is 13.5. The summed E-state index contributed by atoms with van der Waals surface area (Å²) in [5.74, 6) is 0.0915. The number of phenols is 1. The molecule has 0 aliphatic rings. The maximum absolute atomic E-state index is 12.9. The summed E-state index contributed by atoms with van der Waals surface area (Å²) in [6.07, 6.45) is 0.910. The van der Waals surface area contributed by atoms with Crippen LogP contribution in [0.15, 0.2) is 84.9 Å². The van der Waals surface area contributed by atoms with E-state index >= 15 is 0 Å². The van der Waals surface area contributed by atoms with Crippen LogP contribution in [-0.2, 0) is 35.2 Å². The van der Waals surface area contributed by atoms with E-state index in [1.54, 1.807) is 6.07 Å². The van der Waals surface area contributed by atoms with Crippen molar-refractivity contribution in [2.45, 2.75) is 84.0 Å². The van der Waals surface area contributed by atoms with Crippen LogP contribution in [0.4, 0.5) is 0 Å². The van der Waals surface area contributed by atoms with Crippen LogP contribution in [0.5, 0.6) is 5.75 Å². The van der Waals surface area contributed by atoms with Crippen molar-refractivity contribution in [3.63, 3.8) is 0 Å². The van der Waals surface area contributed by atoms with Gasteiger partial charge in [0.1, 0.15) is 5.75 Å². The minimum atomic E-state index is -2.11. The van der Waals surface area contributed by atoms with E-state index in [2.05, 4.69) is 87.8 Å². The molecule has 0 saturated carbocycles. The van der Waals surface area contributed by atoms with Gasteiger partial charge in [-0.15, -0.1) is 0 Å². The smallest absolute Gasteiger partial charge is 0.224 e. The average molecular weight is 613 g/mol. The number of benzene rings is 4. The Bertz CT molecular complexity index is 1560. The molecule has 0 heterocycles. The summed E-state index contributed by atoms with van der Waals surface area (Å²) in [6, 6.07) is 28.2. The van der Waals surface area contributed by atoms with E-state index in [0.29, 0.717) is 25.1 Å².